The van der Waals surface area contributed by atoms with E-state index in [2.05, 4.69) is 15.5 Å². The lowest BCUT2D eigenvalue weighted by molar-refractivity contribution is 0.0942. The lowest BCUT2D eigenvalue weighted by atomic mass is 10.2. The van der Waals surface area contributed by atoms with Crippen molar-refractivity contribution < 1.29 is 18.8 Å². The summed E-state index contributed by atoms with van der Waals surface area (Å²) in [6.07, 6.45) is 1.65. The number of pyridine rings is 1. The molecular weight excluding hydrogens is 322 g/mol. The summed E-state index contributed by atoms with van der Waals surface area (Å²) in [5.74, 6) is 2.18. The number of nitrogens with one attached hydrogen (secondary N) is 1. The van der Waals surface area contributed by atoms with Crippen molar-refractivity contribution in [2.75, 3.05) is 7.11 Å². The fourth-order valence-corrected chi connectivity index (χ4v) is 2.09. The Hall–Kier alpha value is -3.35. The number of rotatable bonds is 6. The van der Waals surface area contributed by atoms with Crippen molar-refractivity contribution in [3.63, 3.8) is 0 Å². The van der Waals surface area contributed by atoms with E-state index in [1.807, 2.05) is 18.2 Å². The number of benzene rings is 1. The minimum Gasteiger partial charge on any atom is -0.497 e. The van der Waals surface area contributed by atoms with Crippen molar-refractivity contribution in [1.82, 2.24) is 15.5 Å². The molecule has 0 unspecified atom stereocenters. The Bertz CT molecular complexity index is 842. The lowest BCUT2D eigenvalue weighted by Crippen LogP contribution is -2.23. The van der Waals surface area contributed by atoms with E-state index in [9.17, 15) is 4.79 Å². The number of ether oxygens (including phenoxy) is 2. The zero-order chi connectivity index (χ0) is 17.6. The van der Waals surface area contributed by atoms with Gasteiger partial charge in [-0.3, -0.25) is 4.79 Å². The topological polar surface area (TPSA) is 86.5 Å². The number of hydrogen-bond acceptors (Lipinski definition) is 6. The second-order valence-corrected chi connectivity index (χ2v) is 5.29. The number of aromatic nitrogens is 2. The molecule has 2 aromatic heterocycles. The minimum absolute atomic E-state index is 0.255. The Morgan fingerprint density at radius 1 is 1.16 bits per heavy atom. The van der Waals surface area contributed by atoms with Crippen LogP contribution >= 0.6 is 0 Å². The van der Waals surface area contributed by atoms with Gasteiger partial charge in [-0.25, -0.2) is 4.98 Å². The van der Waals surface area contributed by atoms with E-state index < -0.39 is 0 Å². The largest absolute Gasteiger partial charge is 0.497 e. The van der Waals surface area contributed by atoms with Gasteiger partial charge in [-0.1, -0.05) is 11.2 Å². The highest BCUT2D eigenvalue weighted by Gasteiger charge is 2.10. The predicted molar refractivity (Wildman–Crippen MR) is 89.7 cm³/mol. The molecule has 1 amide bonds. The molecule has 0 aliphatic heterocycles. The highest BCUT2D eigenvalue weighted by atomic mass is 16.5. The van der Waals surface area contributed by atoms with Gasteiger partial charge in [0.25, 0.3) is 5.91 Å². The molecule has 0 aliphatic carbocycles. The minimum atomic E-state index is -0.296. The fourth-order valence-electron chi connectivity index (χ4n) is 2.09. The van der Waals surface area contributed by atoms with Crippen molar-refractivity contribution in [3.8, 4) is 17.4 Å². The summed E-state index contributed by atoms with van der Waals surface area (Å²) < 4.78 is 15.6. The summed E-state index contributed by atoms with van der Waals surface area (Å²) in [5.41, 5.74) is 1.10. The molecule has 1 aromatic carbocycles. The molecule has 3 rings (SSSR count). The molecule has 7 heteroatoms. The van der Waals surface area contributed by atoms with Crippen molar-refractivity contribution in [3.05, 3.63) is 65.7 Å². The van der Waals surface area contributed by atoms with Crippen molar-refractivity contribution >= 4 is 5.91 Å². The van der Waals surface area contributed by atoms with Crippen molar-refractivity contribution in [2.45, 2.75) is 13.5 Å². The smallest absolute Gasteiger partial charge is 0.273 e. The molecule has 0 bridgehead atoms. The molecule has 0 saturated carbocycles. The molecule has 0 spiro atoms. The Kier molecular flexibility index (Phi) is 4.94. The van der Waals surface area contributed by atoms with Crippen LogP contribution in [-0.4, -0.2) is 23.2 Å². The molecule has 128 valence electrons. The summed E-state index contributed by atoms with van der Waals surface area (Å²) in [6.45, 7) is 2.07. The molecule has 0 saturated heterocycles. The zero-order valence-corrected chi connectivity index (χ0v) is 13.9. The molecule has 7 nitrogen and oxygen atoms in total. The van der Waals surface area contributed by atoms with Crippen LogP contribution in [0.5, 0.6) is 17.4 Å². The molecular formula is C18H17N3O4. The van der Waals surface area contributed by atoms with Crippen LogP contribution in [-0.2, 0) is 6.54 Å². The summed E-state index contributed by atoms with van der Waals surface area (Å²) in [6, 6.07) is 12.4. The van der Waals surface area contributed by atoms with Crippen LogP contribution in [0.2, 0.25) is 0 Å². The lowest BCUT2D eigenvalue weighted by Gasteiger charge is -2.07. The van der Waals surface area contributed by atoms with Crippen LogP contribution in [0.3, 0.4) is 0 Å². The van der Waals surface area contributed by atoms with E-state index in [-0.39, 0.29) is 11.6 Å². The van der Waals surface area contributed by atoms with Gasteiger partial charge in [-0.15, -0.1) is 0 Å². The Labute approximate surface area is 144 Å². The number of aryl methyl sites for hydroxylation is 1. The van der Waals surface area contributed by atoms with E-state index in [4.69, 9.17) is 14.0 Å². The van der Waals surface area contributed by atoms with E-state index in [1.54, 1.807) is 44.5 Å². The van der Waals surface area contributed by atoms with E-state index >= 15 is 0 Å². The van der Waals surface area contributed by atoms with Crippen LogP contribution in [0.25, 0.3) is 0 Å². The van der Waals surface area contributed by atoms with E-state index in [1.165, 1.54) is 0 Å². The van der Waals surface area contributed by atoms with E-state index in [0.29, 0.717) is 23.9 Å². The van der Waals surface area contributed by atoms with Gasteiger partial charge in [0.15, 0.2) is 5.69 Å². The quantitative estimate of drug-likeness (QED) is 0.742. The highest BCUT2D eigenvalue weighted by Crippen LogP contribution is 2.22. The maximum absolute atomic E-state index is 11.9. The van der Waals surface area contributed by atoms with Gasteiger partial charge in [-0.05, 0) is 36.8 Å². The van der Waals surface area contributed by atoms with Gasteiger partial charge in [0, 0.05) is 24.9 Å². The summed E-state index contributed by atoms with van der Waals surface area (Å²) in [7, 11) is 1.61. The van der Waals surface area contributed by atoms with Crippen LogP contribution in [0, 0.1) is 6.92 Å². The zero-order valence-electron chi connectivity index (χ0n) is 13.9. The summed E-state index contributed by atoms with van der Waals surface area (Å²) >= 11 is 0. The second kappa shape index (κ2) is 7.48. The Balaban J connectivity index is 1.55. The summed E-state index contributed by atoms with van der Waals surface area (Å²) in [4.78, 5) is 16.1. The van der Waals surface area contributed by atoms with Crippen LogP contribution in [0.4, 0.5) is 0 Å². The maximum Gasteiger partial charge on any atom is 0.273 e. The third-order valence-electron chi connectivity index (χ3n) is 3.39. The number of carbonyl (C=O) groups excluding carboxylic acids is 1. The second-order valence-electron chi connectivity index (χ2n) is 5.29. The monoisotopic (exact) mass is 339 g/mol. The first-order valence-corrected chi connectivity index (χ1v) is 7.62. The van der Waals surface area contributed by atoms with Crippen LogP contribution in [0.1, 0.15) is 21.8 Å². The molecule has 25 heavy (non-hydrogen) atoms. The molecule has 1 N–H and O–H groups in total. The highest BCUT2D eigenvalue weighted by molar-refractivity contribution is 5.92. The first-order valence-electron chi connectivity index (χ1n) is 7.62. The maximum atomic E-state index is 11.9. The van der Waals surface area contributed by atoms with Gasteiger partial charge < -0.3 is 19.3 Å². The van der Waals surface area contributed by atoms with Crippen LogP contribution in [0.15, 0.2) is 53.2 Å². The Morgan fingerprint density at radius 2 is 1.92 bits per heavy atom. The van der Waals surface area contributed by atoms with Crippen LogP contribution < -0.4 is 14.8 Å². The predicted octanol–water partition coefficient (Wildman–Crippen LogP) is 3.11. The fraction of sp³-hybridized carbons (Fsp3) is 0.167. The van der Waals surface area contributed by atoms with Gasteiger partial charge >= 0.3 is 0 Å². The molecule has 0 radical (unpaired) electrons. The number of methoxy groups -OCH3 is 1. The number of hydrogen-bond donors (Lipinski definition) is 1. The first-order chi connectivity index (χ1) is 12.1. The number of carbonyl (C=O) groups is 1. The standard InChI is InChI=1S/C18H17N3O4/c1-12-9-16(21-25-12)18(22)20-11-13-3-8-17(19-10-13)24-15-6-4-14(23-2)5-7-15/h3-10H,11H2,1-2H3,(H,20,22). The molecule has 0 fully saturated rings. The van der Waals surface area contributed by atoms with Crippen molar-refractivity contribution in [1.29, 1.82) is 0 Å². The average Bonchev–Trinajstić information content (AvgIpc) is 3.08. The SMILES string of the molecule is COc1ccc(Oc2ccc(CNC(=O)c3cc(C)on3)cn2)cc1. The van der Waals surface area contributed by atoms with Gasteiger partial charge in [0.05, 0.1) is 7.11 Å². The summed E-state index contributed by atoms with van der Waals surface area (Å²) in [5, 5.41) is 6.42. The third kappa shape index (κ3) is 4.35. The van der Waals surface area contributed by atoms with Crippen molar-refractivity contribution in [2.24, 2.45) is 0 Å². The molecule has 2 heterocycles. The van der Waals surface area contributed by atoms with Gasteiger partial charge in [-0.2, -0.15) is 0 Å². The number of amides is 1. The molecule has 0 atom stereocenters. The Morgan fingerprint density at radius 3 is 2.52 bits per heavy atom. The normalized spacial score (nSPS) is 10.3. The van der Waals surface area contributed by atoms with Gasteiger partial charge in [0.1, 0.15) is 17.3 Å². The average molecular weight is 339 g/mol. The third-order valence-corrected chi connectivity index (χ3v) is 3.39. The number of nitrogens with zero attached hydrogens (tertiary/aromatic N) is 2. The van der Waals surface area contributed by atoms with E-state index in [0.717, 1.165) is 11.3 Å². The first kappa shape index (κ1) is 16.5. The molecule has 3 aromatic rings. The molecule has 0 aliphatic rings. The van der Waals surface area contributed by atoms with Gasteiger partial charge in [0.2, 0.25) is 5.88 Å².